The maximum Gasteiger partial charge on any atom is 0.245 e. The fourth-order valence-corrected chi connectivity index (χ4v) is 2.57. The van der Waals surface area contributed by atoms with Crippen molar-refractivity contribution in [1.29, 1.82) is 5.26 Å². The molecule has 2 aliphatic heterocycles. The van der Waals surface area contributed by atoms with Crippen LogP contribution >= 0.6 is 0 Å². The SMILES string of the molecule is N#CCCCN1CC(=O)N2CCCCC2C1=O. The number of hydrogen-bond donors (Lipinski definition) is 0. The van der Waals surface area contributed by atoms with Crippen molar-refractivity contribution in [2.45, 2.75) is 38.1 Å². The highest BCUT2D eigenvalue weighted by Gasteiger charge is 2.39. The van der Waals surface area contributed by atoms with Gasteiger partial charge in [0, 0.05) is 19.5 Å². The van der Waals surface area contributed by atoms with Crippen LogP contribution in [0.25, 0.3) is 0 Å². The summed E-state index contributed by atoms with van der Waals surface area (Å²) in [5, 5.41) is 8.47. The molecule has 5 heteroatoms. The zero-order valence-electron chi connectivity index (χ0n) is 9.89. The van der Waals surface area contributed by atoms with E-state index in [2.05, 4.69) is 6.07 Å². The summed E-state index contributed by atoms with van der Waals surface area (Å²) in [6, 6.07) is 1.83. The minimum Gasteiger partial charge on any atom is -0.332 e. The summed E-state index contributed by atoms with van der Waals surface area (Å²) in [7, 11) is 0. The van der Waals surface area contributed by atoms with Gasteiger partial charge in [-0.25, -0.2) is 0 Å². The van der Waals surface area contributed by atoms with Crippen LogP contribution in [-0.4, -0.2) is 47.3 Å². The molecule has 0 radical (unpaired) electrons. The van der Waals surface area contributed by atoms with Gasteiger partial charge in [0.05, 0.1) is 12.6 Å². The normalized spacial score (nSPS) is 24.5. The van der Waals surface area contributed by atoms with E-state index in [1.807, 2.05) is 0 Å². The van der Waals surface area contributed by atoms with Crippen LogP contribution in [0.15, 0.2) is 0 Å². The number of rotatable bonds is 3. The van der Waals surface area contributed by atoms with Gasteiger partial charge in [0.25, 0.3) is 0 Å². The number of nitriles is 1. The van der Waals surface area contributed by atoms with Gasteiger partial charge in [0.15, 0.2) is 0 Å². The molecule has 0 aliphatic carbocycles. The summed E-state index contributed by atoms with van der Waals surface area (Å²) >= 11 is 0. The Morgan fingerprint density at radius 3 is 2.94 bits per heavy atom. The Morgan fingerprint density at radius 2 is 2.18 bits per heavy atom. The Balaban J connectivity index is 1.99. The molecule has 2 rings (SSSR count). The lowest BCUT2D eigenvalue weighted by molar-refractivity contribution is -0.157. The second-order valence-corrected chi connectivity index (χ2v) is 4.62. The Bertz CT molecular complexity index is 361. The number of hydrogen-bond acceptors (Lipinski definition) is 3. The Labute approximate surface area is 101 Å². The van der Waals surface area contributed by atoms with E-state index in [0.717, 1.165) is 25.8 Å². The standard InChI is InChI=1S/C12H17N3O2/c13-6-2-4-7-14-9-11(16)15-8-3-1-5-10(15)12(14)17/h10H,1-5,7-9H2. The van der Waals surface area contributed by atoms with Crippen molar-refractivity contribution in [2.75, 3.05) is 19.6 Å². The molecule has 0 aromatic carbocycles. The van der Waals surface area contributed by atoms with E-state index in [-0.39, 0.29) is 24.4 Å². The molecule has 0 aromatic heterocycles. The topological polar surface area (TPSA) is 64.4 Å². The maximum atomic E-state index is 12.1. The third-order valence-electron chi connectivity index (χ3n) is 3.46. The fraction of sp³-hybridized carbons (Fsp3) is 0.750. The molecule has 92 valence electrons. The average molecular weight is 235 g/mol. The van der Waals surface area contributed by atoms with E-state index < -0.39 is 0 Å². The maximum absolute atomic E-state index is 12.1. The van der Waals surface area contributed by atoms with E-state index in [9.17, 15) is 9.59 Å². The molecule has 0 spiro atoms. The first-order valence-electron chi connectivity index (χ1n) is 6.19. The summed E-state index contributed by atoms with van der Waals surface area (Å²) < 4.78 is 0. The second kappa shape index (κ2) is 5.17. The summed E-state index contributed by atoms with van der Waals surface area (Å²) in [6.07, 6.45) is 3.91. The van der Waals surface area contributed by atoms with E-state index in [1.54, 1.807) is 9.80 Å². The number of amides is 2. The van der Waals surface area contributed by atoms with Crippen molar-refractivity contribution < 1.29 is 9.59 Å². The molecule has 0 N–H and O–H groups in total. The Kier molecular flexibility index (Phi) is 3.62. The summed E-state index contributed by atoms with van der Waals surface area (Å²) in [5.41, 5.74) is 0. The number of nitrogens with zero attached hydrogens (tertiary/aromatic N) is 3. The smallest absolute Gasteiger partial charge is 0.245 e. The summed E-state index contributed by atoms with van der Waals surface area (Å²) in [6.45, 7) is 1.45. The molecular formula is C12H17N3O2. The van der Waals surface area contributed by atoms with Crippen LogP contribution in [0.5, 0.6) is 0 Å². The summed E-state index contributed by atoms with van der Waals surface area (Å²) in [5.74, 6) is 0.133. The van der Waals surface area contributed by atoms with Crippen LogP contribution in [0.3, 0.4) is 0 Å². The lowest BCUT2D eigenvalue weighted by Crippen LogP contribution is -2.61. The number of unbranched alkanes of at least 4 members (excludes halogenated alkanes) is 1. The quantitative estimate of drug-likeness (QED) is 0.670. The highest BCUT2D eigenvalue weighted by Crippen LogP contribution is 2.23. The molecule has 0 bridgehead atoms. The Hall–Kier alpha value is -1.57. The van der Waals surface area contributed by atoms with Gasteiger partial charge in [-0.2, -0.15) is 5.26 Å². The van der Waals surface area contributed by atoms with Gasteiger partial charge in [-0.05, 0) is 25.7 Å². The van der Waals surface area contributed by atoms with Gasteiger partial charge >= 0.3 is 0 Å². The molecule has 0 aromatic rings. The lowest BCUT2D eigenvalue weighted by atomic mass is 9.98. The predicted molar refractivity (Wildman–Crippen MR) is 60.8 cm³/mol. The van der Waals surface area contributed by atoms with Crippen LogP contribution in [0, 0.1) is 11.3 Å². The van der Waals surface area contributed by atoms with E-state index in [4.69, 9.17) is 5.26 Å². The molecule has 2 amide bonds. The predicted octanol–water partition coefficient (Wildman–Crippen LogP) is 0.513. The number of fused-ring (bicyclic) bond motifs is 1. The van der Waals surface area contributed by atoms with Crippen molar-refractivity contribution >= 4 is 11.8 Å². The highest BCUT2D eigenvalue weighted by molar-refractivity contribution is 5.95. The zero-order chi connectivity index (χ0) is 12.3. The largest absolute Gasteiger partial charge is 0.332 e. The molecule has 2 saturated heterocycles. The first-order chi connectivity index (χ1) is 8.24. The number of piperazine rings is 1. The summed E-state index contributed by atoms with van der Waals surface area (Å²) in [4.78, 5) is 27.4. The third-order valence-corrected chi connectivity index (χ3v) is 3.46. The van der Waals surface area contributed by atoms with Crippen molar-refractivity contribution in [1.82, 2.24) is 9.80 Å². The first kappa shape index (κ1) is 11.9. The van der Waals surface area contributed by atoms with Gasteiger partial charge in [-0.3, -0.25) is 9.59 Å². The van der Waals surface area contributed by atoms with Crippen LogP contribution in [0.1, 0.15) is 32.1 Å². The van der Waals surface area contributed by atoms with Gasteiger partial charge in [0.1, 0.15) is 6.04 Å². The van der Waals surface area contributed by atoms with Crippen LogP contribution < -0.4 is 0 Å². The monoisotopic (exact) mass is 235 g/mol. The highest BCUT2D eigenvalue weighted by atomic mass is 16.2. The van der Waals surface area contributed by atoms with Gasteiger partial charge < -0.3 is 9.80 Å². The molecule has 0 saturated carbocycles. The van der Waals surface area contributed by atoms with Crippen molar-refractivity contribution in [3.05, 3.63) is 0 Å². The van der Waals surface area contributed by atoms with E-state index >= 15 is 0 Å². The van der Waals surface area contributed by atoms with Crippen molar-refractivity contribution in [3.63, 3.8) is 0 Å². The lowest BCUT2D eigenvalue weighted by Gasteiger charge is -2.42. The minimum atomic E-state index is -0.230. The van der Waals surface area contributed by atoms with Crippen LogP contribution in [0.2, 0.25) is 0 Å². The minimum absolute atomic E-state index is 0.0613. The molecule has 2 fully saturated rings. The zero-order valence-corrected chi connectivity index (χ0v) is 9.89. The first-order valence-corrected chi connectivity index (χ1v) is 6.19. The number of carbonyl (C=O) groups is 2. The molecule has 17 heavy (non-hydrogen) atoms. The molecule has 1 unspecified atom stereocenters. The van der Waals surface area contributed by atoms with Gasteiger partial charge in [0.2, 0.25) is 11.8 Å². The fourth-order valence-electron chi connectivity index (χ4n) is 2.57. The van der Waals surface area contributed by atoms with E-state index in [0.29, 0.717) is 19.4 Å². The molecule has 2 aliphatic rings. The number of carbonyl (C=O) groups excluding carboxylic acids is 2. The molecule has 5 nitrogen and oxygen atoms in total. The van der Waals surface area contributed by atoms with Crippen molar-refractivity contribution in [3.8, 4) is 6.07 Å². The number of piperidine rings is 1. The average Bonchev–Trinajstić information content (AvgIpc) is 2.36. The molecule has 2 heterocycles. The molecule has 1 atom stereocenters. The third kappa shape index (κ3) is 2.41. The molecular weight excluding hydrogens is 218 g/mol. The Morgan fingerprint density at radius 1 is 1.35 bits per heavy atom. The van der Waals surface area contributed by atoms with E-state index in [1.165, 1.54) is 0 Å². The van der Waals surface area contributed by atoms with Crippen LogP contribution in [0.4, 0.5) is 0 Å². The second-order valence-electron chi connectivity index (χ2n) is 4.62. The van der Waals surface area contributed by atoms with Gasteiger partial charge in [-0.15, -0.1) is 0 Å². The van der Waals surface area contributed by atoms with Gasteiger partial charge in [-0.1, -0.05) is 0 Å². The van der Waals surface area contributed by atoms with Crippen molar-refractivity contribution in [2.24, 2.45) is 0 Å². The van der Waals surface area contributed by atoms with Crippen LogP contribution in [-0.2, 0) is 9.59 Å².